The van der Waals surface area contributed by atoms with Gasteiger partial charge in [-0.25, -0.2) is 0 Å². The van der Waals surface area contributed by atoms with Crippen molar-refractivity contribution in [3.05, 3.63) is 34.9 Å². The number of hydrogen-bond donors (Lipinski definition) is 1. The van der Waals surface area contributed by atoms with Crippen LogP contribution in [-0.4, -0.2) is 40.1 Å². The molecule has 1 aromatic carbocycles. The van der Waals surface area contributed by atoms with Crippen molar-refractivity contribution in [2.24, 2.45) is 0 Å². The first kappa shape index (κ1) is 14.5. The molecule has 0 spiro atoms. The van der Waals surface area contributed by atoms with Crippen LogP contribution in [0.15, 0.2) is 24.3 Å². The summed E-state index contributed by atoms with van der Waals surface area (Å²) in [6, 6.07) is 7.48. The second kappa shape index (κ2) is 6.50. The predicted molar refractivity (Wildman–Crippen MR) is 77.5 cm³/mol. The lowest BCUT2D eigenvalue weighted by Crippen LogP contribution is -2.31. The summed E-state index contributed by atoms with van der Waals surface area (Å²) in [7, 11) is -0.811. The van der Waals surface area contributed by atoms with Gasteiger partial charge in [0.15, 0.2) is 0 Å². The molecule has 6 heteroatoms. The molecule has 104 valence electrons. The molecule has 1 amide bonds. The number of nitrogens with one attached hydrogen (secondary N) is 1. The summed E-state index contributed by atoms with van der Waals surface area (Å²) in [5.41, 5.74) is 1.02. The number of carbonyl (C=O) groups is 1. The summed E-state index contributed by atoms with van der Waals surface area (Å²) in [6.07, 6.45) is 2.33. The molecule has 1 aliphatic heterocycles. The highest BCUT2D eigenvalue weighted by molar-refractivity contribution is 7.84. The highest BCUT2D eigenvalue weighted by Gasteiger charge is 2.30. The molecular formula is C13H17ClN2O2S. The Balaban J connectivity index is 2.04. The van der Waals surface area contributed by atoms with Crippen molar-refractivity contribution in [2.75, 3.05) is 25.1 Å². The average molecular weight is 301 g/mol. The van der Waals surface area contributed by atoms with E-state index in [0.717, 1.165) is 12.0 Å². The summed E-state index contributed by atoms with van der Waals surface area (Å²) in [4.78, 5) is 13.7. The molecule has 1 aliphatic rings. The molecule has 1 fully saturated rings. The van der Waals surface area contributed by atoms with Crippen LogP contribution < -0.4 is 5.32 Å². The lowest BCUT2D eigenvalue weighted by atomic mass is 10.1. The molecule has 2 unspecified atom stereocenters. The first-order chi connectivity index (χ1) is 9.08. The molecule has 0 aliphatic carbocycles. The Kier molecular flexibility index (Phi) is 4.96. The van der Waals surface area contributed by atoms with Crippen LogP contribution in [0.1, 0.15) is 18.2 Å². The first-order valence-corrected chi connectivity index (χ1v) is 8.27. The van der Waals surface area contributed by atoms with Gasteiger partial charge >= 0.3 is 0 Å². The van der Waals surface area contributed by atoms with Crippen molar-refractivity contribution in [3.8, 4) is 0 Å². The minimum absolute atomic E-state index is 0.0850. The third kappa shape index (κ3) is 3.78. The minimum Gasteiger partial charge on any atom is -0.322 e. The maximum atomic E-state index is 11.9. The van der Waals surface area contributed by atoms with Gasteiger partial charge in [0.05, 0.1) is 6.54 Å². The Morgan fingerprint density at radius 3 is 2.74 bits per heavy atom. The van der Waals surface area contributed by atoms with Crippen LogP contribution in [0.25, 0.3) is 0 Å². The molecule has 1 heterocycles. The van der Waals surface area contributed by atoms with Gasteiger partial charge in [-0.3, -0.25) is 14.3 Å². The number of nitrogens with zero attached hydrogens (tertiary/aromatic N) is 1. The third-order valence-corrected chi connectivity index (χ3v) is 4.21. The van der Waals surface area contributed by atoms with Gasteiger partial charge in [-0.2, -0.15) is 0 Å². The number of rotatable bonds is 5. The summed E-state index contributed by atoms with van der Waals surface area (Å²) in [5, 5.41) is 3.87. The van der Waals surface area contributed by atoms with Gasteiger partial charge in [0.2, 0.25) is 5.91 Å². The Morgan fingerprint density at radius 1 is 1.42 bits per heavy atom. The molecule has 0 saturated carbocycles. The van der Waals surface area contributed by atoms with Gasteiger partial charge < -0.3 is 4.90 Å². The fourth-order valence-corrected chi connectivity index (χ4v) is 2.84. The molecule has 1 aromatic rings. The van der Waals surface area contributed by atoms with Crippen LogP contribution in [0.5, 0.6) is 0 Å². The fourth-order valence-electron chi connectivity index (χ4n) is 2.17. The molecule has 19 heavy (non-hydrogen) atoms. The number of hydrogen-bond acceptors (Lipinski definition) is 3. The van der Waals surface area contributed by atoms with Crippen LogP contribution >= 0.6 is 11.6 Å². The van der Waals surface area contributed by atoms with Crippen LogP contribution in [0.3, 0.4) is 0 Å². The second-order valence-corrected chi connectivity index (χ2v) is 6.54. The van der Waals surface area contributed by atoms with Gasteiger partial charge in [0, 0.05) is 34.4 Å². The van der Waals surface area contributed by atoms with Crippen molar-refractivity contribution < 1.29 is 9.00 Å². The molecule has 1 saturated heterocycles. The Morgan fingerprint density at radius 2 is 2.11 bits per heavy atom. The average Bonchev–Trinajstić information content (AvgIpc) is 2.72. The lowest BCUT2D eigenvalue weighted by Gasteiger charge is -2.24. The molecule has 2 atom stereocenters. The number of amides is 1. The van der Waals surface area contributed by atoms with E-state index in [1.165, 1.54) is 0 Å². The number of carbonyl (C=O) groups excluding carboxylic acids is 1. The molecule has 4 nitrogen and oxygen atoms in total. The van der Waals surface area contributed by atoms with Crippen molar-refractivity contribution >= 4 is 28.3 Å². The van der Waals surface area contributed by atoms with E-state index in [1.807, 2.05) is 24.3 Å². The topological polar surface area (TPSA) is 49.4 Å². The number of benzene rings is 1. The van der Waals surface area contributed by atoms with Crippen LogP contribution in [-0.2, 0) is 15.6 Å². The maximum Gasteiger partial charge on any atom is 0.238 e. The zero-order valence-corrected chi connectivity index (χ0v) is 12.3. The monoisotopic (exact) mass is 300 g/mol. The standard InChI is InChI=1S/C13H17ClN2O2S/c1-19(18)8-2-7-16-12(17)9-15-13(16)10-3-5-11(14)6-4-10/h3-6,13,15H,2,7-9H2,1H3. The zero-order valence-electron chi connectivity index (χ0n) is 10.8. The zero-order chi connectivity index (χ0) is 13.8. The first-order valence-electron chi connectivity index (χ1n) is 6.16. The van der Waals surface area contributed by atoms with E-state index in [9.17, 15) is 9.00 Å². The van der Waals surface area contributed by atoms with Crippen LogP contribution in [0.2, 0.25) is 5.02 Å². The van der Waals surface area contributed by atoms with Gasteiger partial charge in [0.1, 0.15) is 6.17 Å². The Bertz CT molecular complexity index is 478. The van der Waals surface area contributed by atoms with Gasteiger partial charge in [-0.1, -0.05) is 23.7 Å². The highest BCUT2D eigenvalue weighted by atomic mass is 35.5. The van der Waals surface area contributed by atoms with E-state index >= 15 is 0 Å². The van der Waals surface area contributed by atoms with Gasteiger partial charge in [-0.05, 0) is 24.1 Å². The normalized spacial score (nSPS) is 20.8. The van der Waals surface area contributed by atoms with Crippen molar-refractivity contribution in [1.29, 1.82) is 0 Å². The maximum absolute atomic E-state index is 11.9. The fraction of sp³-hybridized carbons (Fsp3) is 0.462. The Labute approximate surface area is 120 Å². The quantitative estimate of drug-likeness (QED) is 0.897. The van der Waals surface area contributed by atoms with E-state index in [4.69, 9.17) is 11.6 Å². The molecule has 0 bridgehead atoms. The summed E-state index contributed by atoms with van der Waals surface area (Å²) in [5.74, 6) is 0.707. The molecular weight excluding hydrogens is 284 g/mol. The third-order valence-electron chi connectivity index (χ3n) is 3.10. The second-order valence-electron chi connectivity index (χ2n) is 4.55. The number of halogens is 1. The van der Waals surface area contributed by atoms with Crippen LogP contribution in [0.4, 0.5) is 0 Å². The summed E-state index contributed by atoms with van der Waals surface area (Å²) < 4.78 is 11.1. The molecule has 0 aromatic heterocycles. The van der Waals surface area contributed by atoms with E-state index in [1.54, 1.807) is 11.2 Å². The largest absolute Gasteiger partial charge is 0.322 e. The van der Waals surface area contributed by atoms with E-state index in [2.05, 4.69) is 5.32 Å². The van der Waals surface area contributed by atoms with Crippen molar-refractivity contribution in [1.82, 2.24) is 10.2 Å². The summed E-state index contributed by atoms with van der Waals surface area (Å²) >= 11 is 5.87. The van der Waals surface area contributed by atoms with E-state index in [-0.39, 0.29) is 12.1 Å². The van der Waals surface area contributed by atoms with Crippen molar-refractivity contribution in [3.63, 3.8) is 0 Å². The van der Waals surface area contributed by atoms with Gasteiger partial charge in [0.25, 0.3) is 0 Å². The van der Waals surface area contributed by atoms with Gasteiger partial charge in [-0.15, -0.1) is 0 Å². The van der Waals surface area contributed by atoms with E-state index < -0.39 is 10.8 Å². The predicted octanol–water partition coefficient (Wildman–Crippen LogP) is 1.54. The van der Waals surface area contributed by atoms with E-state index in [0.29, 0.717) is 23.9 Å². The molecule has 0 radical (unpaired) electrons. The smallest absolute Gasteiger partial charge is 0.238 e. The highest BCUT2D eigenvalue weighted by Crippen LogP contribution is 2.23. The molecule has 2 rings (SSSR count). The minimum atomic E-state index is -0.811. The molecule has 1 N–H and O–H groups in total. The Hall–Kier alpha value is -0.910. The van der Waals surface area contributed by atoms with Crippen LogP contribution in [0, 0.1) is 0 Å². The lowest BCUT2D eigenvalue weighted by molar-refractivity contribution is -0.128. The van der Waals surface area contributed by atoms with Crippen molar-refractivity contribution in [2.45, 2.75) is 12.6 Å². The SMILES string of the molecule is CS(=O)CCCN1C(=O)CNC1c1ccc(Cl)cc1. The summed E-state index contributed by atoms with van der Waals surface area (Å²) in [6.45, 7) is 0.973.